The van der Waals surface area contributed by atoms with Crippen LogP contribution in [-0.4, -0.2) is 74.1 Å². The lowest BCUT2D eigenvalue weighted by molar-refractivity contribution is -0.312. The topological polar surface area (TPSA) is 92.7 Å². The monoisotopic (exact) mass is 488 g/mol. The standard InChI is InChI=1S/C24H27F3N6O2/c1-3-4-31-5-7-32(8-6-31)22-12-23(13-22)19(22)14(2)18(34)21-30-16(11-33(21)23)15-9-17(20(28)29-10-15)35-24(25,26)27/h1,9-11,14,18-19,34H,4-8,12-13H2,2H3,(H2,28,29). The summed E-state index contributed by atoms with van der Waals surface area (Å²) in [5, 5.41) is 11.2. The third-order valence-corrected chi connectivity index (χ3v) is 8.60. The Morgan fingerprint density at radius 3 is 2.63 bits per heavy atom. The van der Waals surface area contributed by atoms with Gasteiger partial charge < -0.3 is 20.1 Å². The molecule has 1 saturated heterocycles. The molecule has 4 fully saturated rings. The van der Waals surface area contributed by atoms with E-state index in [1.165, 1.54) is 12.3 Å². The van der Waals surface area contributed by atoms with Gasteiger partial charge in [0, 0.05) is 55.6 Å². The number of hydrogen-bond acceptors (Lipinski definition) is 7. The molecule has 2 aliphatic heterocycles. The van der Waals surface area contributed by atoms with Gasteiger partial charge in [-0.25, -0.2) is 9.97 Å². The molecule has 3 aliphatic carbocycles. The SMILES string of the molecule is C#CCN1CCN(C23CC4(C2)C3C(C)C(O)c2nc(-c3cnc(N)c(OC(F)(F)F)c3)cn24)CC1. The summed E-state index contributed by atoms with van der Waals surface area (Å²) < 4.78 is 44.4. The van der Waals surface area contributed by atoms with Crippen LogP contribution < -0.4 is 10.5 Å². The van der Waals surface area contributed by atoms with E-state index in [-0.39, 0.29) is 28.7 Å². The summed E-state index contributed by atoms with van der Waals surface area (Å²) in [6, 6.07) is 1.19. The number of halogens is 3. The van der Waals surface area contributed by atoms with Gasteiger partial charge in [0.1, 0.15) is 11.9 Å². The zero-order valence-electron chi connectivity index (χ0n) is 19.3. The first-order chi connectivity index (χ1) is 16.6. The zero-order valence-corrected chi connectivity index (χ0v) is 19.3. The van der Waals surface area contributed by atoms with E-state index < -0.39 is 18.2 Å². The summed E-state index contributed by atoms with van der Waals surface area (Å²) in [4.78, 5) is 13.4. The molecule has 2 bridgehead atoms. The number of aliphatic hydroxyl groups excluding tert-OH is 1. The van der Waals surface area contributed by atoms with Gasteiger partial charge in [0.2, 0.25) is 0 Å². The molecule has 3 atom stereocenters. The Morgan fingerprint density at radius 1 is 1.26 bits per heavy atom. The molecule has 2 aromatic heterocycles. The van der Waals surface area contributed by atoms with Crippen LogP contribution in [0.5, 0.6) is 5.75 Å². The van der Waals surface area contributed by atoms with E-state index in [0.29, 0.717) is 23.6 Å². The third kappa shape index (κ3) is 3.13. The van der Waals surface area contributed by atoms with E-state index in [1.54, 1.807) is 0 Å². The summed E-state index contributed by atoms with van der Waals surface area (Å²) in [7, 11) is 0. The number of pyridine rings is 1. The fourth-order valence-corrected chi connectivity index (χ4v) is 7.20. The molecule has 1 spiro atoms. The first kappa shape index (κ1) is 22.6. The van der Waals surface area contributed by atoms with Crippen molar-refractivity contribution in [3.05, 3.63) is 24.3 Å². The Bertz CT molecular complexity index is 1210. The molecule has 0 amide bonds. The second-order valence-electron chi connectivity index (χ2n) is 10.3. The number of alkyl halides is 3. The minimum absolute atomic E-state index is 0.0117. The van der Waals surface area contributed by atoms with Crippen LogP contribution in [0.4, 0.5) is 19.0 Å². The van der Waals surface area contributed by atoms with Crippen molar-refractivity contribution >= 4 is 5.82 Å². The molecular formula is C24H27F3N6O2. The van der Waals surface area contributed by atoms with Crippen LogP contribution in [-0.2, 0) is 5.54 Å². The van der Waals surface area contributed by atoms with Gasteiger partial charge in [-0.2, -0.15) is 0 Å². The van der Waals surface area contributed by atoms with Gasteiger partial charge in [0.15, 0.2) is 11.6 Å². The Balaban J connectivity index is 1.28. The highest BCUT2D eigenvalue weighted by Crippen LogP contribution is 2.77. The number of aromatic nitrogens is 3. The van der Waals surface area contributed by atoms with E-state index in [1.807, 2.05) is 6.20 Å². The van der Waals surface area contributed by atoms with Crippen LogP contribution in [0.3, 0.4) is 0 Å². The van der Waals surface area contributed by atoms with Crippen molar-refractivity contribution in [1.82, 2.24) is 24.3 Å². The quantitative estimate of drug-likeness (QED) is 0.638. The largest absolute Gasteiger partial charge is 0.573 e. The van der Waals surface area contributed by atoms with Crippen LogP contribution >= 0.6 is 0 Å². The summed E-state index contributed by atoms with van der Waals surface area (Å²) >= 11 is 0. The highest BCUT2D eigenvalue weighted by Gasteiger charge is 2.81. The highest BCUT2D eigenvalue weighted by molar-refractivity contribution is 5.64. The number of ether oxygens (including phenoxy) is 1. The number of anilines is 1. The molecule has 3 saturated carbocycles. The van der Waals surface area contributed by atoms with Gasteiger partial charge >= 0.3 is 6.36 Å². The van der Waals surface area contributed by atoms with Crippen LogP contribution in [0, 0.1) is 24.2 Å². The maximum absolute atomic E-state index is 12.8. The minimum Gasteiger partial charge on any atom is -0.402 e. The number of nitrogens with zero attached hydrogens (tertiary/aromatic N) is 5. The number of nitrogen functional groups attached to an aromatic ring is 1. The van der Waals surface area contributed by atoms with Gasteiger partial charge in [-0.1, -0.05) is 12.8 Å². The molecule has 0 radical (unpaired) electrons. The zero-order chi connectivity index (χ0) is 24.8. The average Bonchev–Trinajstić information content (AvgIpc) is 3.18. The fraction of sp³-hybridized carbons (Fsp3) is 0.583. The van der Waals surface area contributed by atoms with Crippen LogP contribution in [0.15, 0.2) is 18.5 Å². The number of hydrogen-bond donors (Lipinski definition) is 2. The molecule has 3 N–H and O–H groups in total. The minimum atomic E-state index is -4.88. The predicted octanol–water partition coefficient (Wildman–Crippen LogP) is 2.22. The molecule has 35 heavy (non-hydrogen) atoms. The van der Waals surface area contributed by atoms with Crippen molar-refractivity contribution in [1.29, 1.82) is 0 Å². The molecule has 186 valence electrons. The van der Waals surface area contributed by atoms with E-state index >= 15 is 0 Å². The number of terminal acetylenes is 1. The number of rotatable bonds is 4. The lowest BCUT2D eigenvalue weighted by Gasteiger charge is -2.82. The highest BCUT2D eigenvalue weighted by atomic mass is 19.4. The second kappa shape index (κ2) is 7.35. The van der Waals surface area contributed by atoms with Crippen molar-refractivity contribution in [3.8, 4) is 29.4 Å². The lowest BCUT2D eigenvalue weighted by Crippen LogP contribution is -2.88. The third-order valence-electron chi connectivity index (χ3n) is 8.60. The van der Waals surface area contributed by atoms with E-state index in [9.17, 15) is 18.3 Å². The Kier molecular flexibility index (Phi) is 4.75. The van der Waals surface area contributed by atoms with Crippen LogP contribution in [0.25, 0.3) is 11.3 Å². The summed E-state index contributed by atoms with van der Waals surface area (Å²) in [6.45, 7) is 6.53. The normalized spacial score (nSPS) is 34.2. The van der Waals surface area contributed by atoms with Crippen molar-refractivity contribution in [3.63, 3.8) is 0 Å². The van der Waals surface area contributed by atoms with Crippen LogP contribution in [0.1, 0.15) is 31.7 Å². The number of nitrogens with two attached hydrogens (primary N) is 1. The number of piperazine rings is 1. The molecule has 3 unspecified atom stereocenters. The lowest BCUT2D eigenvalue weighted by atomic mass is 9.32. The maximum Gasteiger partial charge on any atom is 0.573 e. The second-order valence-corrected chi connectivity index (χ2v) is 10.3. The van der Waals surface area contributed by atoms with Gasteiger partial charge in [0.25, 0.3) is 0 Å². The van der Waals surface area contributed by atoms with Crippen molar-refractivity contribution in [2.75, 3.05) is 38.5 Å². The molecule has 11 heteroatoms. The smallest absolute Gasteiger partial charge is 0.402 e. The molecule has 5 aliphatic rings. The van der Waals surface area contributed by atoms with Crippen molar-refractivity contribution in [2.24, 2.45) is 11.8 Å². The first-order valence-electron chi connectivity index (χ1n) is 11.8. The fourth-order valence-electron chi connectivity index (χ4n) is 7.20. The van der Waals surface area contributed by atoms with Crippen molar-refractivity contribution < 1.29 is 23.0 Å². The molecule has 2 aromatic rings. The average molecular weight is 489 g/mol. The number of aliphatic hydroxyl groups is 1. The number of fused-ring (bicyclic) bond motifs is 1. The number of imidazole rings is 1. The van der Waals surface area contributed by atoms with Gasteiger partial charge in [0.05, 0.1) is 17.8 Å². The van der Waals surface area contributed by atoms with Crippen molar-refractivity contribution in [2.45, 2.75) is 43.3 Å². The van der Waals surface area contributed by atoms with E-state index in [2.05, 4.69) is 41.9 Å². The summed E-state index contributed by atoms with van der Waals surface area (Å²) in [6.07, 6.45) is 4.97. The van der Waals surface area contributed by atoms with Gasteiger partial charge in [-0.15, -0.1) is 19.6 Å². The molecule has 8 nitrogen and oxygen atoms in total. The molecule has 4 heterocycles. The first-order valence-corrected chi connectivity index (χ1v) is 11.8. The molecule has 0 aromatic carbocycles. The Hall–Kier alpha value is -2.81. The molecule has 7 rings (SSSR count). The predicted molar refractivity (Wildman–Crippen MR) is 121 cm³/mol. The maximum atomic E-state index is 12.8. The van der Waals surface area contributed by atoms with E-state index in [4.69, 9.17) is 12.2 Å². The Labute approximate surface area is 200 Å². The van der Waals surface area contributed by atoms with Gasteiger partial charge in [-0.3, -0.25) is 9.80 Å². The molecular weight excluding hydrogens is 461 g/mol. The van der Waals surface area contributed by atoms with Crippen LogP contribution in [0.2, 0.25) is 0 Å². The van der Waals surface area contributed by atoms with Gasteiger partial charge in [-0.05, 0) is 24.8 Å². The summed E-state index contributed by atoms with van der Waals surface area (Å²) in [5.41, 5.74) is 6.32. The van der Waals surface area contributed by atoms with E-state index in [0.717, 1.165) is 39.0 Å². The Morgan fingerprint density at radius 2 is 1.97 bits per heavy atom. The summed E-state index contributed by atoms with van der Waals surface area (Å²) in [5.74, 6) is 2.64.